The zero-order valence-corrected chi connectivity index (χ0v) is 10.2. The van der Waals surface area contributed by atoms with Gasteiger partial charge in [-0.15, -0.1) is 0 Å². The van der Waals surface area contributed by atoms with Gasteiger partial charge in [0.1, 0.15) is 0 Å². The summed E-state index contributed by atoms with van der Waals surface area (Å²) >= 11 is 0. The molecule has 3 heteroatoms. The van der Waals surface area contributed by atoms with Crippen LogP contribution in [0.1, 0.15) is 41.0 Å². The molecule has 0 aromatic heterocycles. The van der Waals surface area contributed by atoms with E-state index in [1.54, 1.807) is 11.9 Å². The number of amides is 1. The quantitative estimate of drug-likeness (QED) is 0.700. The predicted molar refractivity (Wildman–Crippen MR) is 58.3 cm³/mol. The average Bonchev–Trinajstić information content (AvgIpc) is 2.03. The second kappa shape index (κ2) is 5.89. The minimum absolute atomic E-state index is 0.0466. The molecule has 1 atom stereocenters. The molecule has 1 amide bonds. The Balaban J connectivity index is 4.27. The summed E-state index contributed by atoms with van der Waals surface area (Å²) in [6.45, 7) is 10.1. The van der Waals surface area contributed by atoms with Gasteiger partial charge in [0.2, 0.25) is 0 Å². The minimum atomic E-state index is -0.222. The highest BCUT2D eigenvalue weighted by Gasteiger charge is 2.22. The summed E-state index contributed by atoms with van der Waals surface area (Å²) in [7, 11) is 1.80. The van der Waals surface area contributed by atoms with Crippen LogP contribution in [0.2, 0.25) is 0 Å². The molecular formula is C11H23NO2. The molecule has 0 fully saturated rings. The van der Waals surface area contributed by atoms with Gasteiger partial charge in [0.05, 0.1) is 6.10 Å². The Hall–Kier alpha value is -0.730. The van der Waals surface area contributed by atoms with Crippen molar-refractivity contribution in [1.82, 2.24) is 4.90 Å². The largest absolute Gasteiger partial charge is 0.447 e. The fourth-order valence-corrected chi connectivity index (χ4v) is 1.61. The zero-order chi connectivity index (χ0) is 11.3. The molecule has 0 aliphatic rings. The van der Waals surface area contributed by atoms with E-state index < -0.39 is 0 Å². The van der Waals surface area contributed by atoms with Crippen molar-refractivity contribution in [3.8, 4) is 0 Å². The summed E-state index contributed by atoms with van der Waals surface area (Å²) in [5.74, 6) is 0.463. The molecule has 84 valence electrons. The highest BCUT2D eigenvalue weighted by molar-refractivity contribution is 5.67. The van der Waals surface area contributed by atoms with E-state index in [1.165, 1.54) is 0 Å². The van der Waals surface area contributed by atoms with Crippen LogP contribution in [0.15, 0.2) is 0 Å². The Morgan fingerprint density at radius 3 is 2.07 bits per heavy atom. The molecule has 0 aromatic rings. The summed E-state index contributed by atoms with van der Waals surface area (Å²) in [5.41, 5.74) is 0. The highest BCUT2D eigenvalue weighted by Crippen LogP contribution is 2.14. The van der Waals surface area contributed by atoms with Gasteiger partial charge in [0.25, 0.3) is 0 Å². The topological polar surface area (TPSA) is 29.5 Å². The lowest BCUT2D eigenvalue weighted by molar-refractivity contribution is 0.0643. The first kappa shape index (κ1) is 13.3. The van der Waals surface area contributed by atoms with Crippen LogP contribution in [0.5, 0.6) is 0 Å². The molecule has 3 nitrogen and oxygen atoms in total. The summed E-state index contributed by atoms with van der Waals surface area (Å²) < 4.78 is 5.13. The molecular weight excluding hydrogens is 178 g/mol. The van der Waals surface area contributed by atoms with Crippen LogP contribution in [0.4, 0.5) is 4.79 Å². The van der Waals surface area contributed by atoms with E-state index in [1.807, 2.05) is 13.8 Å². The molecule has 0 rings (SSSR count). The van der Waals surface area contributed by atoms with Gasteiger partial charge in [-0.1, -0.05) is 20.8 Å². The van der Waals surface area contributed by atoms with Crippen LogP contribution in [0.3, 0.4) is 0 Å². The Labute approximate surface area is 87.4 Å². The van der Waals surface area contributed by atoms with Crippen LogP contribution < -0.4 is 0 Å². The lowest BCUT2D eigenvalue weighted by Crippen LogP contribution is -2.41. The predicted octanol–water partition coefficient (Wildman–Crippen LogP) is 2.90. The number of hydrogen-bond acceptors (Lipinski definition) is 2. The third kappa shape index (κ3) is 3.99. The van der Waals surface area contributed by atoms with E-state index in [0.717, 1.165) is 6.42 Å². The first-order valence-electron chi connectivity index (χ1n) is 5.33. The van der Waals surface area contributed by atoms with Crippen molar-refractivity contribution in [2.75, 3.05) is 7.05 Å². The Morgan fingerprint density at radius 2 is 1.79 bits per heavy atom. The normalized spacial score (nSPS) is 13.1. The lowest BCUT2D eigenvalue weighted by Gasteiger charge is -2.30. The minimum Gasteiger partial charge on any atom is -0.447 e. The molecule has 0 N–H and O–H groups in total. The van der Waals surface area contributed by atoms with E-state index in [-0.39, 0.29) is 18.2 Å². The first-order chi connectivity index (χ1) is 6.40. The van der Waals surface area contributed by atoms with Crippen LogP contribution in [-0.2, 0) is 4.74 Å². The summed E-state index contributed by atoms with van der Waals surface area (Å²) in [6, 6.07) is 0.265. The van der Waals surface area contributed by atoms with Gasteiger partial charge in [-0.05, 0) is 26.2 Å². The summed E-state index contributed by atoms with van der Waals surface area (Å²) in [4.78, 5) is 13.3. The van der Waals surface area contributed by atoms with E-state index in [4.69, 9.17) is 4.74 Å². The molecule has 0 aliphatic heterocycles. The van der Waals surface area contributed by atoms with Crippen LogP contribution >= 0.6 is 0 Å². The molecule has 0 spiro atoms. The van der Waals surface area contributed by atoms with Crippen molar-refractivity contribution < 1.29 is 9.53 Å². The molecule has 0 saturated carbocycles. The smallest absolute Gasteiger partial charge is 0.410 e. The van der Waals surface area contributed by atoms with E-state index in [0.29, 0.717) is 5.92 Å². The van der Waals surface area contributed by atoms with Gasteiger partial charge in [-0.2, -0.15) is 0 Å². The second-order valence-corrected chi connectivity index (χ2v) is 4.26. The highest BCUT2D eigenvalue weighted by atomic mass is 16.6. The number of hydrogen-bond donors (Lipinski definition) is 0. The maximum atomic E-state index is 11.6. The zero-order valence-electron chi connectivity index (χ0n) is 10.2. The third-order valence-corrected chi connectivity index (χ3v) is 2.31. The van der Waals surface area contributed by atoms with Gasteiger partial charge in [-0.3, -0.25) is 0 Å². The maximum Gasteiger partial charge on any atom is 0.410 e. The van der Waals surface area contributed by atoms with Crippen molar-refractivity contribution >= 4 is 6.09 Å². The number of rotatable bonds is 4. The van der Waals surface area contributed by atoms with Crippen molar-refractivity contribution in [2.45, 2.75) is 53.2 Å². The van der Waals surface area contributed by atoms with Crippen molar-refractivity contribution in [3.05, 3.63) is 0 Å². The Kier molecular flexibility index (Phi) is 5.58. The number of carbonyl (C=O) groups excluding carboxylic acids is 1. The second-order valence-electron chi connectivity index (χ2n) is 4.26. The van der Waals surface area contributed by atoms with Crippen LogP contribution in [-0.4, -0.2) is 30.2 Å². The first-order valence-corrected chi connectivity index (χ1v) is 5.33. The Bertz CT molecular complexity index is 178. The molecule has 0 saturated heterocycles. The fourth-order valence-electron chi connectivity index (χ4n) is 1.61. The molecule has 0 aliphatic carbocycles. The fraction of sp³-hybridized carbons (Fsp3) is 0.909. The van der Waals surface area contributed by atoms with Gasteiger partial charge < -0.3 is 9.64 Å². The van der Waals surface area contributed by atoms with Crippen molar-refractivity contribution in [1.29, 1.82) is 0 Å². The standard InChI is InChI=1S/C11H23NO2/c1-7-10(8(2)3)12(6)11(13)14-9(4)5/h8-10H,7H2,1-6H3. The number of ether oxygens (including phenoxy) is 1. The molecule has 0 aromatic carbocycles. The molecule has 0 radical (unpaired) electrons. The molecule has 14 heavy (non-hydrogen) atoms. The van der Waals surface area contributed by atoms with Crippen LogP contribution in [0.25, 0.3) is 0 Å². The average molecular weight is 201 g/mol. The van der Waals surface area contributed by atoms with Gasteiger partial charge in [0, 0.05) is 13.1 Å². The number of nitrogens with zero attached hydrogens (tertiary/aromatic N) is 1. The summed E-state index contributed by atoms with van der Waals surface area (Å²) in [5, 5.41) is 0. The van der Waals surface area contributed by atoms with Crippen molar-refractivity contribution in [3.63, 3.8) is 0 Å². The van der Waals surface area contributed by atoms with Crippen molar-refractivity contribution in [2.24, 2.45) is 5.92 Å². The van der Waals surface area contributed by atoms with Gasteiger partial charge in [-0.25, -0.2) is 4.79 Å². The monoisotopic (exact) mass is 201 g/mol. The Morgan fingerprint density at radius 1 is 1.29 bits per heavy atom. The van der Waals surface area contributed by atoms with Crippen LogP contribution in [0, 0.1) is 5.92 Å². The molecule has 0 heterocycles. The summed E-state index contributed by atoms with van der Waals surface area (Å²) in [6.07, 6.45) is 0.691. The van der Waals surface area contributed by atoms with Gasteiger partial charge in [0.15, 0.2) is 0 Å². The molecule has 1 unspecified atom stereocenters. The SMILES string of the molecule is CCC(C(C)C)N(C)C(=O)OC(C)C. The lowest BCUT2D eigenvalue weighted by atomic mass is 10.0. The molecule has 0 bridgehead atoms. The number of carbonyl (C=O) groups is 1. The van der Waals surface area contributed by atoms with Gasteiger partial charge >= 0.3 is 6.09 Å². The third-order valence-electron chi connectivity index (χ3n) is 2.31. The van der Waals surface area contributed by atoms with E-state index >= 15 is 0 Å². The maximum absolute atomic E-state index is 11.6. The van der Waals surface area contributed by atoms with E-state index in [2.05, 4.69) is 20.8 Å². The van der Waals surface area contributed by atoms with E-state index in [9.17, 15) is 4.79 Å².